The molecule has 1 aliphatic rings. The Balaban J connectivity index is 2.14. The average molecular weight is 229 g/mol. The van der Waals surface area contributed by atoms with Crippen LogP contribution >= 0.6 is 0 Å². The van der Waals surface area contributed by atoms with Gasteiger partial charge in [-0.2, -0.15) is 0 Å². The summed E-state index contributed by atoms with van der Waals surface area (Å²) < 4.78 is 9.97. The maximum Gasteiger partial charge on any atom is 0.305 e. The van der Waals surface area contributed by atoms with Crippen LogP contribution in [0.4, 0.5) is 0 Å². The minimum atomic E-state index is -0.135. The minimum Gasteiger partial charge on any atom is -0.469 e. The molecule has 0 radical (unpaired) electrons. The zero-order valence-electron chi connectivity index (χ0n) is 10.7. The molecular formula is C12H23NO3. The van der Waals surface area contributed by atoms with Crippen LogP contribution in [-0.4, -0.2) is 38.9 Å². The van der Waals surface area contributed by atoms with Crippen LogP contribution in [0.1, 0.15) is 33.1 Å². The molecule has 0 spiro atoms. The molecule has 94 valence electrons. The largest absolute Gasteiger partial charge is 0.469 e. The summed E-state index contributed by atoms with van der Waals surface area (Å²) in [6.07, 6.45) is 2.73. The molecule has 2 unspecified atom stereocenters. The van der Waals surface area contributed by atoms with E-state index < -0.39 is 0 Å². The quantitative estimate of drug-likeness (QED) is 0.551. The van der Waals surface area contributed by atoms with Gasteiger partial charge in [0, 0.05) is 25.0 Å². The van der Waals surface area contributed by atoms with Gasteiger partial charge in [0.25, 0.3) is 0 Å². The first kappa shape index (κ1) is 13.5. The molecule has 1 saturated carbocycles. The third-order valence-corrected chi connectivity index (χ3v) is 3.64. The van der Waals surface area contributed by atoms with Crippen molar-refractivity contribution in [3.63, 3.8) is 0 Å². The molecule has 0 saturated heterocycles. The smallest absolute Gasteiger partial charge is 0.305 e. The third kappa shape index (κ3) is 2.95. The van der Waals surface area contributed by atoms with Gasteiger partial charge in [-0.15, -0.1) is 0 Å². The molecule has 0 aromatic carbocycles. The summed E-state index contributed by atoms with van der Waals surface area (Å²) in [5, 5.41) is 3.47. The topological polar surface area (TPSA) is 47.6 Å². The summed E-state index contributed by atoms with van der Waals surface area (Å²) in [4.78, 5) is 10.9. The van der Waals surface area contributed by atoms with Gasteiger partial charge in [0.05, 0.1) is 13.2 Å². The molecule has 0 heterocycles. The lowest BCUT2D eigenvalue weighted by molar-refractivity contribution is -0.140. The lowest BCUT2D eigenvalue weighted by atomic mass is 9.64. The number of ether oxygens (including phenoxy) is 2. The van der Waals surface area contributed by atoms with Crippen LogP contribution < -0.4 is 5.32 Å². The van der Waals surface area contributed by atoms with E-state index in [1.54, 1.807) is 7.11 Å². The van der Waals surface area contributed by atoms with E-state index in [1.807, 2.05) is 0 Å². The molecule has 2 atom stereocenters. The van der Waals surface area contributed by atoms with Crippen molar-refractivity contribution in [2.45, 2.75) is 45.3 Å². The summed E-state index contributed by atoms with van der Waals surface area (Å²) in [7, 11) is 3.19. The molecule has 1 aliphatic carbocycles. The first-order valence-electron chi connectivity index (χ1n) is 5.85. The SMILES string of the molecule is COC(=O)CCCNC1CC(OC)C1(C)C. The Hall–Kier alpha value is -0.610. The Labute approximate surface area is 97.7 Å². The third-order valence-electron chi connectivity index (χ3n) is 3.64. The standard InChI is InChI=1S/C12H23NO3/c1-12(2)9(8-10(12)15-3)13-7-5-6-11(14)16-4/h9-10,13H,5-8H2,1-4H3. The van der Waals surface area contributed by atoms with Gasteiger partial charge in [-0.05, 0) is 19.4 Å². The molecule has 0 aromatic rings. The first-order chi connectivity index (χ1) is 7.52. The Bertz CT molecular complexity index is 240. The van der Waals surface area contributed by atoms with Gasteiger partial charge < -0.3 is 14.8 Å². The Morgan fingerprint density at radius 2 is 2.12 bits per heavy atom. The van der Waals surface area contributed by atoms with Gasteiger partial charge in [0.2, 0.25) is 0 Å². The number of hydrogen-bond acceptors (Lipinski definition) is 4. The Morgan fingerprint density at radius 3 is 2.62 bits per heavy atom. The number of methoxy groups -OCH3 is 2. The zero-order chi connectivity index (χ0) is 12.2. The van der Waals surface area contributed by atoms with Crippen LogP contribution in [0.2, 0.25) is 0 Å². The number of nitrogens with one attached hydrogen (secondary N) is 1. The van der Waals surface area contributed by atoms with Crippen LogP contribution in [0, 0.1) is 5.41 Å². The van der Waals surface area contributed by atoms with E-state index in [0.29, 0.717) is 18.6 Å². The lowest BCUT2D eigenvalue weighted by Gasteiger charge is -2.51. The highest BCUT2D eigenvalue weighted by molar-refractivity contribution is 5.69. The van der Waals surface area contributed by atoms with Crippen molar-refractivity contribution in [1.29, 1.82) is 0 Å². The molecule has 1 N–H and O–H groups in total. The molecule has 0 amide bonds. The van der Waals surface area contributed by atoms with Gasteiger partial charge >= 0.3 is 5.97 Å². The van der Waals surface area contributed by atoms with Crippen molar-refractivity contribution in [1.82, 2.24) is 5.32 Å². The zero-order valence-corrected chi connectivity index (χ0v) is 10.7. The van der Waals surface area contributed by atoms with E-state index in [0.717, 1.165) is 19.4 Å². The van der Waals surface area contributed by atoms with E-state index in [1.165, 1.54) is 7.11 Å². The maximum atomic E-state index is 10.9. The molecule has 0 bridgehead atoms. The van der Waals surface area contributed by atoms with Gasteiger partial charge in [0.15, 0.2) is 0 Å². The number of rotatable bonds is 6. The van der Waals surface area contributed by atoms with Crippen molar-refractivity contribution >= 4 is 5.97 Å². The molecule has 0 aromatic heterocycles. The van der Waals surface area contributed by atoms with Crippen molar-refractivity contribution in [2.75, 3.05) is 20.8 Å². The van der Waals surface area contributed by atoms with E-state index in [4.69, 9.17) is 4.74 Å². The van der Waals surface area contributed by atoms with Crippen LogP contribution in [0.3, 0.4) is 0 Å². The van der Waals surface area contributed by atoms with Crippen molar-refractivity contribution in [2.24, 2.45) is 5.41 Å². The molecule has 4 heteroatoms. The van der Waals surface area contributed by atoms with Gasteiger partial charge in [-0.25, -0.2) is 0 Å². The average Bonchev–Trinajstić information content (AvgIpc) is 2.26. The predicted molar refractivity (Wildman–Crippen MR) is 62.2 cm³/mol. The Morgan fingerprint density at radius 1 is 1.44 bits per heavy atom. The van der Waals surface area contributed by atoms with Crippen LogP contribution in [0.25, 0.3) is 0 Å². The van der Waals surface area contributed by atoms with Crippen molar-refractivity contribution < 1.29 is 14.3 Å². The maximum absolute atomic E-state index is 10.9. The minimum absolute atomic E-state index is 0.135. The fraction of sp³-hybridized carbons (Fsp3) is 0.917. The molecule has 4 nitrogen and oxygen atoms in total. The van der Waals surface area contributed by atoms with Gasteiger partial charge in [-0.1, -0.05) is 13.8 Å². The summed E-state index contributed by atoms with van der Waals surface area (Å²) in [6, 6.07) is 0.495. The van der Waals surface area contributed by atoms with Crippen LogP contribution in [-0.2, 0) is 14.3 Å². The molecule has 16 heavy (non-hydrogen) atoms. The molecule has 1 fully saturated rings. The van der Waals surface area contributed by atoms with E-state index in [-0.39, 0.29) is 11.4 Å². The van der Waals surface area contributed by atoms with E-state index >= 15 is 0 Å². The van der Waals surface area contributed by atoms with Gasteiger partial charge in [-0.3, -0.25) is 4.79 Å². The molecule has 0 aliphatic heterocycles. The highest BCUT2D eigenvalue weighted by atomic mass is 16.5. The second-order valence-electron chi connectivity index (χ2n) is 4.97. The lowest BCUT2D eigenvalue weighted by Crippen LogP contribution is -2.60. The Kier molecular flexibility index (Phi) is 4.74. The highest BCUT2D eigenvalue weighted by Crippen LogP contribution is 2.42. The predicted octanol–water partition coefficient (Wildman–Crippen LogP) is 1.34. The van der Waals surface area contributed by atoms with E-state index in [9.17, 15) is 4.79 Å². The fourth-order valence-electron chi connectivity index (χ4n) is 2.24. The number of hydrogen-bond donors (Lipinski definition) is 1. The number of esters is 1. The summed E-state index contributed by atoms with van der Waals surface area (Å²) >= 11 is 0. The number of carbonyl (C=O) groups excluding carboxylic acids is 1. The van der Waals surface area contributed by atoms with Crippen molar-refractivity contribution in [3.05, 3.63) is 0 Å². The second kappa shape index (κ2) is 5.64. The van der Waals surface area contributed by atoms with Crippen LogP contribution in [0.5, 0.6) is 0 Å². The molecule has 1 rings (SSSR count). The highest BCUT2D eigenvalue weighted by Gasteiger charge is 2.47. The second-order valence-corrected chi connectivity index (χ2v) is 4.97. The summed E-state index contributed by atoms with van der Waals surface area (Å²) in [5.41, 5.74) is 0.194. The molecular weight excluding hydrogens is 206 g/mol. The fourth-order valence-corrected chi connectivity index (χ4v) is 2.24. The van der Waals surface area contributed by atoms with Gasteiger partial charge in [0.1, 0.15) is 0 Å². The summed E-state index contributed by atoms with van der Waals surface area (Å²) in [5.74, 6) is -0.135. The van der Waals surface area contributed by atoms with Crippen molar-refractivity contribution in [3.8, 4) is 0 Å². The first-order valence-corrected chi connectivity index (χ1v) is 5.85. The monoisotopic (exact) mass is 229 g/mol. The van der Waals surface area contributed by atoms with E-state index in [2.05, 4.69) is 23.9 Å². The normalized spacial score (nSPS) is 27.2. The summed E-state index contributed by atoms with van der Waals surface area (Å²) in [6.45, 7) is 5.28. The van der Waals surface area contributed by atoms with Crippen LogP contribution in [0.15, 0.2) is 0 Å². The number of carbonyl (C=O) groups is 1.